The number of nitrogens with zero attached hydrogens (tertiary/aromatic N) is 1. The summed E-state index contributed by atoms with van der Waals surface area (Å²) in [6, 6.07) is 5.34. The van der Waals surface area contributed by atoms with Gasteiger partial charge in [0.25, 0.3) is 0 Å². The van der Waals surface area contributed by atoms with E-state index in [-0.39, 0.29) is 5.75 Å². The molecule has 1 aromatic carbocycles. The highest BCUT2D eigenvalue weighted by Crippen LogP contribution is 2.27. The highest BCUT2D eigenvalue weighted by molar-refractivity contribution is 6.30. The molecular formula is C11H10ClNO. The summed E-state index contributed by atoms with van der Waals surface area (Å²) in [5, 5.41) is 18.5. The van der Waals surface area contributed by atoms with Crippen molar-refractivity contribution in [3.8, 4) is 11.8 Å². The normalized spacial score (nSPS) is 10.4. The van der Waals surface area contributed by atoms with E-state index in [0.717, 1.165) is 5.56 Å². The average molecular weight is 208 g/mol. The molecule has 0 heterocycles. The number of halogens is 1. The summed E-state index contributed by atoms with van der Waals surface area (Å²) in [5.41, 5.74) is 1.37. The molecular weight excluding hydrogens is 198 g/mol. The first-order chi connectivity index (χ1) is 6.65. The van der Waals surface area contributed by atoms with E-state index < -0.39 is 0 Å². The number of hydrogen-bond donors (Lipinski definition) is 1. The van der Waals surface area contributed by atoms with E-state index in [4.69, 9.17) is 16.9 Å². The zero-order chi connectivity index (χ0) is 10.6. The minimum absolute atomic E-state index is 0.212. The van der Waals surface area contributed by atoms with Crippen LogP contribution in [0.5, 0.6) is 5.75 Å². The lowest BCUT2D eigenvalue weighted by Crippen LogP contribution is -1.80. The fraction of sp³-hybridized carbons (Fsp3) is 0.182. The largest absolute Gasteiger partial charge is 0.507 e. The molecule has 0 amide bonds. The monoisotopic (exact) mass is 207 g/mol. The van der Waals surface area contributed by atoms with Crippen LogP contribution in [-0.2, 0) is 0 Å². The van der Waals surface area contributed by atoms with Crippen molar-refractivity contribution in [3.63, 3.8) is 0 Å². The zero-order valence-electron chi connectivity index (χ0n) is 7.79. The van der Waals surface area contributed by atoms with Crippen molar-refractivity contribution >= 4 is 17.7 Å². The van der Waals surface area contributed by atoms with Crippen molar-refractivity contribution in [2.24, 2.45) is 0 Å². The molecule has 0 radical (unpaired) electrons. The Labute approximate surface area is 88.1 Å². The Balaban J connectivity index is 3.03. The van der Waals surface area contributed by atoms with Crippen LogP contribution < -0.4 is 0 Å². The number of rotatable bonds is 2. The summed E-state index contributed by atoms with van der Waals surface area (Å²) in [5.74, 6) is 0.212. The molecule has 1 N–H and O–H groups in total. The maximum atomic E-state index is 9.63. The number of nitriles is 1. The zero-order valence-corrected chi connectivity index (χ0v) is 8.54. The molecule has 0 saturated carbocycles. The Morgan fingerprint density at radius 2 is 2.29 bits per heavy atom. The van der Waals surface area contributed by atoms with Gasteiger partial charge >= 0.3 is 0 Å². The van der Waals surface area contributed by atoms with E-state index in [1.807, 2.05) is 6.07 Å². The quantitative estimate of drug-likeness (QED) is 0.809. The number of aromatic hydroxyl groups is 1. The summed E-state index contributed by atoms with van der Waals surface area (Å²) in [7, 11) is 0. The van der Waals surface area contributed by atoms with Crippen LogP contribution in [0.1, 0.15) is 17.5 Å². The van der Waals surface area contributed by atoms with Crippen molar-refractivity contribution in [1.82, 2.24) is 0 Å². The van der Waals surface area contributed by atoms with Gasteiger partial charge in [-0.1, -0.05) is 23.8 Å². The van der Waals surface area contributed by atoms with Gasteiger partial charge in [0.15, 0.2) is 0 Å². The van der Waals surface area contributed by atoms with E-state index in [2.05, 4.69) is 0 Å². The second kappa shape index (κ2) is 4.69. The van der Waals surface area contributed by atoms with Gasteiger partial charge in [-0.3, -0.25) is 0 Å². The summed E-state index contributed by atoms with van der Waals surface area (Å²) in [6.45, 7) is 1.78. The number of benzene rings is 1. The lowest BCUT2D eigenvalue weighted by Gasteiger charge is -2.03. The van der Waals surface area contributed by atoms with Crippen LogP contribution in [0.25, 0.3) is 6.08 Å². The van der Waals surface area contributed by atoms with Gasteiger partial charge in [-0.2, -0.15) is 5.26 Å². The first-order valence-corrected chi connectivity index (χ1v) is 4.55. The molecule has 1 rings (SSSR count). The van der Waals surface area contributed by atoms with Crippen LogP contribution in [0, 0.1) is 18.3 Å². The van der Waals surface area contributed by atoms with Crippen molar-refractivity contribution in [2.45, 2.75) is 13.3 Å². The molecule has 3 heteroatoms. The van der Waals surface area contributed by atoms with Crippen LogP contribution >= 0.6 is 11.6 Å². The van der Waals surface area contributed by atoms with Gasteiger partial charge < -0.3 is 5.11 Å². The summed E-state index contributed by atoms with van der Waals surface area (Å²) in [6.07, 6.45) is 3.70. The fourth-order valence-electron chi connectivity index (χ4n) is 1.13. The molecule has 72 valence electrons. The van der Waals surface area contributed by atoms with Gasteiger partial charge in [0.2, 0.25) is 0 Å². The maximum absolute atomic E-state index is 9.63. The third-order valence-electron chi connectivity index (χ3n) is 1.80. The molecule has 0 aromatic heterocycles. The predicted octanol–water partition coefficient (Wildman–Crippen LogP) is 3.28. The lowest BCUT2D eigenvalue weighted by molar-refractivity contribution is 0.470. The Hall–Kier alpha value is -1.46. The fourth-order valence-corrected chi connectivity index (χ4v) is 1.41. The second-order valence-electron chi connectivity index (χ2n) is 2.93. The standard InChI is InChI=1S/C11H10ClNO/c1-8-6-10(12)7-9(11(8)14)4-2-3-5-13/h2,4,6-7,14H,3H2,1H3. The molecule has 2 nitrogen and oxygen atoms in total. The Morgan fingerprint density at radius 1 is 1.57 bits per heavy atom. The van der Waals surface area contributed by atoms with E-state index >= 15 is 0 Å². The van der Waals surface area contributed by atoms with Crippen LogP contribution in [0.2, 0.25) is 5.02 Å². The molecule has 0 aliphatic carbocycles. The SMILES string of the molecule is Cc1cc(Cl)cc(C=CCC#N)c1O. The van der Waals surface area contributed by atoms with E-state index in [0.29, 0.717) is 17.0 Å². The summed E-state index contributed by atoms with van der Waals surface area (Å²) < 4.78 is 0. The van der Waals surface area contributed by atoms with Crippen molar-refractivity contribution in [2.75, 3.05) is 0 Å². The molecule has 14 heavy (non-hydrogen) atoms. The Bertz CT molecular complexity index is 404. The lowest BCUT2D eigenvalue weighted by atomic mass is 10.1. The van der Waals surface area contributed by atoms with Crippen LogP contribution in [0.15, 0.2) is 18.2 Å². The highest BCUT2D eigenvalue weighted by Gasteiger charge is 2.02. The molecule has 0 saturated heterocycles. The summed E-state index contributed by atoms with van der Waals surface area (Å²) in [4.78, 5) is 0. The number of hydrogen-bond acceptors (Lipinski definition) is 2. The third kappa shape index (κ3) is 2.51. The molecule has 1 aromatic rings. The molecule has 0 spiro atoms. The maximum Gasteiger partial charge on any atom is 0.125 e. The molecule has 0 unspecified atom stereocenters. The minimum atomic E-state index is 0.212. The second-order valence-corrected chi connectivity index (χ2v) is 3.36. The van der Waals surface area contributed by atoms with Crippen LogP contribution in [-0.4, -0.2) is 5.11 Å². The molecule has 0 fully saturated rings. The van der Waals surface area contributed by atoms with Crippen molar-refractivity contribution in [1.29, 1.82) is 5.26 Å². The molecule has 0 aliphatic heterocycles. The summed E-state index contributed by atoms with van der Waals surface area (Å²) >= 11 is 5.82. The van der Waals surface area contributed by atoms with Gasteiger partial charge in [-0.05, 0) is 24.6 Å². The topological polar surface area (TPSA) is 44.0 Å². The Kier molecular flexibility index (Phi) is 3.55. The first kappa shape index (κ1) is 10.6. The molecule has 0 bridgehead atoms. The predicted molar refractivity (Wildman–Crippen MR) is 57.1 cm³/mol. The van der Waals surface area contributed by atoms with E-state index in [9.17, 15) is 5.11 Å². The van der Waals surface area contributed by atoms with Crippen molar-refractivity contribution in [3.05, 3.63) is 34.4 Å². The van der Waals surface area contributed by atoms with E-state index in [1.165, 1.54) is 0 Å². The van der Waals surface area contributed by atoms with Crippen LogP contribution in [0.3, 0.4) is 0 Å². The number of phenols is 1. The third-order valence-corrected chi connectivity index (χ3v) is 2.02. The van der Waals surface area contributed by atoms with Gasteiger partial charge in [-0.25, -0.2) is 0 Å². The Morgan fingerprint density at radius 3 is 2.93 bits per heavy atom. The van der Waals surface area contributed by atoms with E-state index in [1.54, 1.807) is 31.2 Å². The van der Waals surface area contributed by atoms with Gasteiger partial charge in [0, 0.05) is 10.6 Å². The van der Waals surface area contributed by atoms with Gasteiger partial charge in [-0.15, -0.1) is 0 Å². The molecule has 0 atom stereocenters. The number of aryl methyl sites for hydroxylation is 1. The molecule has 0 aliphatic rings. The minimum Gasteiger partial charge on any atom is -0.507 e. The van der Waals surface area contributed by atoms with Crippen molar-refractivity contribution < 1.29 is 5.11 Å². The number of allylic oxidation sites excluding steroid dienone is 1. The van der Waals surface area contributed by atoms with Gasteiger partial charge in [0.05, 0.1) is 12.5 Å². The van der Waals surface area contributed by atoms with Crippen LogP contribution in [0.4, 0.5) is 0 Å². The number of phenolic OH excluding ortho intramolecular Hbond substituents is 1. The first-order valence-electron chi connectivity index (χ1n) is 4.17. The average Bonchev–Trinajstić information content (AvgIpc) is 2.13. The highest BCUT2D eigenvalue weighted by atomic mass is 35.5. The van der Waals surface area contributed by atoms with Gasteiger partial charge in [0.1, 0.15) is 5.75 Å². The smallest absolute Gasteiger partial charge is 0.125 e.